The van der Waals surface area contributed by atoms with E-state index in [1.807, 2.05) is 43.3 Å². The molecule has 1 amide bonds. The minimum atomic E-state index is -0.149. The van der Waals surface area contributed by atoms with Gasteiger partial charge in [0.2, 0.25) is 5.89 Å². The number of fused-ring (bicyclic) bond motifs is 1. The molecule has 0 bridgehead atoms. The van der Waals surface area contributed by atoms with Gasteiger partial charge in [-0.3, -0.25) is 4.79 Å². The van der Waals surface area contributed by atoms with E-state index >= 15 is 0 Å². The van der Waals surface area contributed by atoms with E-state index in [1.165, 1.54) is 0 Å². The molecule has 27 heavy (non-hydrogen) atoms. The zero-order valence-corrected chi connectivity index (χ0v) is 17.2. The summed E-state index contributed by atoms with van der Waals surface area (Å²) in [5.41, 5.74) is 4.46. The van der Waals surface area contributed by atoms with Crippen LogP contribution in [0.2, 0.25) is 5.02 Å². The average molecular weight is 489 g/mol. The molecule has 0 saturated carbocycles. The molecule has 0 aliphatic heterocycles. The zero-order valence-electron chi connectivity index (χ0n) is 14.3. The largest absolute Gasteiger partial charge is 0.436 e. The maximum Gasteiger partial charge on any atom is 0.256 e. The molecule has 1 aromatic heterocycles. The molecule has 1 heterocycles. The molecule has 3 aromatic carbocycles. The first-order valence-electron chi connectivity index (χ1n) is 8.24. The minimum absolute atomic E-state index is 0.149. The Morgan fingerprint density at radius 3 is 2.74 bits per heavy atom. The van der Waals surface area contributed by atoms with E-state index in [4.69, 9.17) is 16.0 Å². The Balaban J connectivity index is 1.68. The van der Waals surface area contributed by atoms with Crippen molar-refractivity contribution >= 4 is 56.9 Å². The Labute approximate surface area is 174 Å². The first-order chi connectivity index (χ1) is 13.0. The number of halogens is 2. The van der Waals surface area contributed by atoms with Crippen LogP contribution in [0, 0.1) is 10.5 Å². The fourth-order valence-corrected chi connectivity index (χ4v) is 3.55. The molecule has 134 valence electrons. The second-order valence-corrected chi connectivity index (χ2v) is 7.69. The third-order valence-electron chi connectivity index (χ3n) is 4.20. The van der Waals surface area contributed by atoms with Crippen LogP contribution in [0.5, 0.6) is 0 Å². The summed E-state index contributed by atoms with van der Waals surface area (Å²) in [5.74, 6) is 0.335. The third kappa shape index (κ3) is 3.70. The van der Waals surface area contributed by atoms with Gasteiger partial charge in [0, 0.05) is 19.8 Å². The van der Waals surface area contributed by atoms with Crippen molar-refractivity contribution in [3.05, 3.63) is 80.4 Å². The van der Waals surface area contributed by atoms with E-state index in [9.17, 15) is 4.79 Å². The topological polar surface area (TPSA) is 55.1 Å². The minimum Gasteiger partial charge on any atom is -0.436 e. The number of hydrogen-bond donors (Lipinski definition) is 1. The van der Waals surface area contributed by atoms with Crippen molar-refractivity contribution in [1.82, 2.24) is 4.98 Å². The Hall–Kier alpha value is -2.38. The number of carbonyl (C=O) groups is 1. The molecule has 0 unspecified atom stereocenters. The molecule has 4 rings (SSSR count). The molecular weight excluding hydrogens is 475 g/mol. The lowest BCUT2D eigenvalue weighted by Crippen LogP contribution is -2.14. The normalized spacial score (nSPS) is 10.9. The van der Waals surface area contributed by atoms with E-state index in [0.717, 1.165) is 20.4 Å². The van der Waals surface area contributed by atoms with Crippen LogP contribution in [-0.4, -0.2) is 10.9 Å². The molecule has 0 atom stereocenters. The molecular formula is C21H14ClIN2O2. The molecule has 0 aliphatic rings. The van der Waals surface area contributed by atoms with Crippen molar-refractivity contribution in [2.45, 2.75) is 6.92 Å². The lowest BCUT2D eigenvalue weighted by atomic mass is 10.1. The smallest absolute Gasteiger partial charge is 0.256 e. The van der Waals surface area contributed by atoms with Crippen LogP contribution in [-0.2, 0) is 0 Å². The molecule has 1 N–H and O–H groups in total. The predicted molar refractivity (Wildman–Crippen MR) is 116 cm³/mol. The van der Waals surface area contributed by atoms with Gasteiger partial charge in [0.15, 0.2) is 5.58 Å². The van der Waals surface area contributed by atoms with Gasteiger partial charge in [-0.15, -0.1) is 0 Å². The van der Waals surface area contributed by atoms with Gasteiger partial charge < -0.3 is 9.73 Å². The lowest BCUT2D eigenvalue weighted by molar-refractivity contribution is 0.102. The van der Waals surface area contributed by atoms with Crippen molar-refractivity contribution in [3.63, 3.8) is 0 Å². The van der Waals surface area contributed by atoms with Crippen LogP contribution in [0.15, 0.2) is 65.1 Å². The molecule has 4 nitrogen and oxygen atoms in total. The molecule has 0 spiro atoms. The SMILES string of the molecule is Cc1ccc(-c2nc3cc(Cl)ccc3o2)cc1NC(=O)c1ccccc1I. The summed E-state index contributed by atoms with van der Waals surface area (Å²) in [7, 11) is 0. The number of anilines is 1. The summed E-state index contributed by atoms with van der Waals surface area (Å²) in [6, 6.07) is 18.5. The van der Waals surface area contributed by atoms with Crippen molar-refractivity contribution in [2.75, 3.05) is 5.32 Å². The number of hydrogen-bond acceptors (Lipinski definition) is 3. The number of aromatic nitrogens is 1. The molecule has 0 aliphatic carbocycles. The Morgan fingerprint density at radius 2 is 1.93 bits per heavy atom. The number of rotatable bonds is 3. The molecule has 0 saturated heterocycles. The van der Waals surface area contributed by atoms with Crippen LogP contribution < -0.4 is 5.32 Å². The van der Waals surface area contributed by atoms with Crippen LogP contribution >= 0.6 is 34.2 Å². The Morgan fingerprint density at radius 1 is 1.11 bits per heavy atom. The lowest BCUT2D eigenvalue weighted by Gasteiger charge is -2.10. The molecule has 6 heteroatoms. The van der Waals surface area contributed by atoms with Crippen LogP contribution in [0.25, 0.3) is 22.6 Å². The Bertz CT molecular complexity index is 1170. The van der Waals surface area contributed by atoms with Crippen molar-refractivity contribution in [3.8, 4) is 11.5 Å². The summed E-state index contributed by atoms with van der Waals surface area (Å²) in [4.78, 5) is 17.1. The zero-order chi connectivity index (χ0) is 19.0. The van der Waals surface area contributed by atoms with Gasteiger partial charge in [0.05, 0.1) is 5.56 Å². The highest BCUT2D eigenvalue weighted by Crippen LogP contribution is 2.29. The van der Waals surface area contributed by atoms with Crippen molar-refractivity contribution in [1.29, 1.82) is 0 Å². The number of nitrogens with one attached hydrogen (secondary N) is 1. The van der Waals surface area contributed by atoms with E-state index < -0.39 is 0 Å². The van der Waals surface area contributed by atoms with Crippen LogP contribution in [0.1, 0.15) is 15.9 Å². The summed E-state index contributed by atoms with van der Waals surface area (Å²) in [6.07, 6.45) is 0. The second kappa shape index (κ2) is 7.32. The number of nitrogens with zero attached hydrogens (tertiary/aromatic N) is 1. The van der Waals surface area contributed by atoms with E-state index in [2.05, 4.69) is 32.9 Å². The van der Waals surface area contributed by atoms with E-state index in [0.29, 0.717) is 27.6 Å². The first-order valence-corrected chi connectivity index (χ1v) is 9.70. The van der Waals surface area contributed by atoms with Crippen LogP contribution in [0.4, 0.5) is 5.69 Å². The first kappa shape index (κ1) is 18.0. The Kier molecular flexibility index (Phi) is 4.88. The predicted octanol–water partition coefficient (Wildman–Crippen LogP) is 6.31. The molecule has 0 fully saturated rings. The maximum absolute atomic E-state index is 12.6. The van der Waals surface area contributed by atoms with Gasteiger partial charge in [-0.25, -0.2) is 4.98 Å². The summed E-state index contributed by atoms with van der Waals surface area (Å²) in [6.45, 7) is 1.95. The quantitative estimate of drug-likeness (QED) is 0.344. The van der Waals surface area contributed by atoms with Crippen molar-refractivity contribution < 1.29 is 9.21 Å². The van der Waals surface area contributed by atoms with E-state index in [1.54, 1.807) is 24.3 Å². The number of benzene rings is 3. The van der Waals surface area contributed by atoms with E-state index in [-0.39, 0.29) is 5.91 Å². The van der Waals surface area contributed by atoms with Gasteiger partial charge in [0.1, 0.15) is 5.52 Å². The third-order valence-corrected chi connectivity index (χ3v) is 5.38. The fourth-order valence-electron chi connectivity index (χ4n) is 2.75. The van der Waals surface area contributed by atoms with Crippen molar-refractivity contribution in [2.24, 2.45) is 0 Å². The number of oxazole rings is 1. The highest BCUT2D eigenvalue weighted by Gasteiger charge is 2.14. The van der Waals surface area contributed by atoms with Gasteiger partial charge in [-0.1, -0.05) is 29.8 Å². The maximum atomic E-state index is 12.6. The second-order valence-electron chi connectivity index (χ2n) is 6.09. The van der Waals surface area contributed by atoms with Gasteiger partial charge in [0.25, 0.3) is 5.91 Å². The molecule has 0 radical (unpaired) electrons. The summed E-state index contributed by atoms with van der Waals surface area (Å²) in [5, 5.41) is 3.59. The summed E-state index contributed by atoms with van der Waals surface area (Å²) >= 11 is 8.18. The van der Waals surface area contributed by atoms with Crippen LogP contribution in [0.3, 0.4) is 0 Å². The number of aryl methyl sites for hydroxylation is 1. The fraction of sp³-hybridized carbons (Fsp3) is 0.0476. The summed E-state index contributed by atoms with van der Waals surface area (Å²) < 4.78 is 6.73. The number of amides is 1. The highest BCUT2D eigenvalue weighted by molar-refractivity contribution is 14.1. The van der Waals surface area contributed by atoms with Gasteiger partial charge >= 0.3 is 0 Å². The standard InChI is InChI=1S/C21H14ClIN2O2/c1-12-6-7-13(21-25-18-11-14(22)8-9-19(18)27-21)10-17(12)24-20(26)15-4-2-3-5-16(15)23/h2-11H,1H3,(H,24,26). The van der Waals surface area contributed by atoms with Gasteiger partial charge in [-0.2, -0.15) is 0 Å². The number of carbonyl (C=O) groups excluding carboxylic acids is 1. The average Bonchev–Trinajstić information content (AvgIpc) is 3.07. The monoisotopic (exact) mass is 488 g/mol. The highest BCUT2D eigenvalue weighted by atomic mass is 127. The molecule has 4 aromatic rings. The van der Waals surface area contributed by atoms with Gasteiger partial charge in [-0.05, 0) is 77.5 Å².